The number of carbonyl (C=O) groups is 2. The molecule has 2 aliphatic heterocycles. The van der Waals surface area contributed by atoms with Gasteiger partial charge < -0.3 is 15.0 Å². The monoisotopic (exact) mass is 406 g/mol. The smallest absolute Gasteiger partial charge is 0.252 e. The van der Waals surface area contributed by atoms with E-state index in [2.05, 4.69) is 40.4 Å². The zero-order valence-electron chi connectivity index (χ0n) is 16.9. The topological polar surface area (TPSA) is 82.7 Å². The highest BCUT2D eigenvalue weighted by atomic mass is 16.5. The molecule has 5 rings (SSSR count). The van der Waals surface area contributed by atoms with Gasteiger partial charge >= 0.3 is 0 Å². The second-order valence-corrected chi connectivity index (χ2v) is 8.39. The van der Waals surface area contributed by atoms with Gasteiger partial charge in [0, 0.05) is 18.5 Å². The predicted octanol–water partition coefficient (Wildman–Crippen LogP) is 1.49. The van der Waals surface area contributed by atoms with E-state index in [1.807, 2.05) is 30.3 Å². The third-order valence-electron chi connectivity index (χ3n) is 6.60. The first-order valence-electron chi connectivity index (χ1n) is 10.4. The Balaban J connectivity index is 1.24. The molecule has 156 valence electrons. The molecule has 3 aliphatic rings. The maximum atomic E-state index is 12.9. The molecule has 30 heavy (non-hydrogen) atoms. The van der Waals surface area contributed by atoms with Crippen molar-refractivity contribution in [3.63, 3.8) is 0 Å². The molecule has 2 fully saturated rings. The van der Waals surface area contributed by atoms with Crippen molar-refractivity contribution in [2.24, 2.45) is 0 Å². The van der Waals surface area contributed by atoms with Crippen molar-refractivity contribution in [3.8, 4) is 5.75 Å². The summed E-state index contributed by atoms with van der Waals surface area (Å²) in [6.07, 6.45) is 2.91. The number of anilines is 1. The van der Waals surface area contributed by atoms with Gasteiger partial charge in [0.25, 0.3) is 5.91 Å². The van der Waals surface area contributed by atoms with Crippen molar-refractivity contribution in [2.45, 2.75) is 42.8 Å². The molecular formula is C23H26N4O3. The first-order chi connectivity index (χ1) is 14.6. The molecule has 3 atom stereocenters. The fraction of sp³-hybridized carbons (Fsp3) is 0.391. The van der Waals surface area contributed by atoms with Crippen molar-refractivity contribution in [1.29, 1.82) is 0 Å². The second-order valence-electron chi connectivity index (χ2n) is 8.39. The Labute approximate surface area is 175 Å². The lowest BCUT2D eigenvalue weighted by Gasteiger charge is -2.23. The van der Waals surface area contributed by atoms with Crippen molar-refractivity contribution in [1.82, 2.24) is 16.2 Å². The fourth-order valence-corrected chi connectivity index (χ4v) is 4.66. The number of likely N-dealkylation sites (N-methyl/N-ethyl adjacent to an activating group) is 1. The third kappa shape index (κ3) is 3.24. The minimum Gasteiger partial charge on any atom is -0.489 e. The van der Waals surface area contributed by atoms with E-state index in [9.17, 15) is 9.59 Å². The van der Waals surface area contributed by atoms with Crippen LogP contribution in [0.3, 0.4) is 0 Å². The first kappa shape index (κ1) is 19.1. The molecule has 1 aliphatic carbocycles. The number of benzene rings is 2. The molecule has 0 spiro atoms. The van der Waals surface area contributed by atoms with Gasteiger partial charge in [-0.25, -0.2) is 5.43 Å². The Morgan fingerprint density at radius 2 is 1.83 bits per heavy atom. The number of rotatable bonds is 4. The van der Waals surface area contributed by atoms with Crippen molar-refractivity contribution >= 4 is 17.5 Å². The summed E-state index contributed by atoms with van der Waals surface area (Å²) in [5.74, 6) is 0.276. The van der Waals surface area contributed by atoms with Gasteiger partial charge in [0.15, 0.2) is 0 Å². The summed E-state index contributed by atoms with van der Waals surface area (Å²) >= 11 is 0. The summed E-state index contributed by atoms with van der Waals surface area (Å²) in [5, 5.41) is 2.89. The Bertz CT molecular complexity index is 960. The van der Waals surface area contributed by atoms with E-state index in [4.69, 9.17) is 4.74 Å². The number of amides is 2. The van der Waals surface area contributed by atoms with Crippen molar-refractivity contribution < 1.29 is 14.3 Å². The molecule has 0 radical (unpaired) electrons. The summed E-state index contributed by atoms with van der Waals surface area (Å²) in [4.78, 5) is 27.4. The molecular weight excluding hydrogens is 380 g/mol. The minimum absolute atomic E-state index is 0.0897. The van der Waals surface area contributed by atoms with Crippen LogP contribution in [0.1, 0.15) is 24.8 Å². The van der Waals surface area contributed by atoms with Gasteiger partial charge in [0.1, 0.15) is 24.4 Å². The van der Waals surface area contributed by atoms with E-state index < -0.39 is 6.04 Å². The van der Waals surface area contributed by atoms with Gasteiger partial charge in [-0.2, -0.15) is 0 Å². The molecule has 2 aromatic rings. The molecule has 7 nitrogen and oxygen atoms in total. The van der Waals surface area contributed by atoms with Crippen LogP contribution in [0, 0.1) is 0 Å². The summed E-state index contributed by atoms with van der Waals surface area (Å²) in [6, 6.07) is 16.9. The van der Waals surface area contributed by atoms with Crippen LogP contribution in [0.5, 0.6) is 5.75 Å². The molecule has 0 bridgehead atoms. The molecule has 2 unspecified atom stereocenters. The van der Waals surface area contributed by atoms with Gasteiger partial charge in [0.05, 0.1) is 5.69 Å². The number of nitrogens with zero attached hydrogens (tertiary/aromatic N) is 1. The minimum atomic E-state index is -0.722. The van der Waals surface area contributed by atoms with E-state index in [-0.39, 0.29) is 35.9 Å². The number of para-hydroxylation sites is 2. The van der Waals surface area contributed by atoms with Gasteiger partial charge in [-0.05, 0) is 37.0 Å². The Hall–Kier alpha value is -2.90. The Kier molecular flexibility index (Phi) is 4.72. The molecule has 1 saturated heterocycles. The summed E-state index contributed by atoms with van der Waals surface area (Å²) in [6.45, 7) is 0.115. The number of carbonyl (C=O) groups excluding carboxylic acids is 2. The summed E-state index contributed by atoms with van der Waals surface area (Å²) in [7, 11) is 1.71. The van der Waals surface area contributed by atoms with E-state index in [1.165, 1.54) is 5.56 Å². The van der Waals surface area contributed by atoms with Crippen LogP contribution in [0.2, 0.25) is 0 Å². The highest BCUT2D eigenvalue weighted by Crippen LogP contribution is 2.52. The van der Waals surface area contributed by atoms with Crippen LogP contribution in [0.25, 0.3) is 0 Å². The fourth-order valence-electron chi connectivity index (χ4n) is 4.66. The number of nitrogens with one attached hydrogen (secondary N) is 3. The SMILES string of the molecule is CN1C(=O)[C@@H](NC(=O)C2CC(C3(c4ccccc4)CC3)NN2)COc2ccccc21. The largest absolute Gasteiger partial charge is 0.489 e. The standard InChI is InChI=1S/C23H26N4O3/c1-27-18-9-5-6-10-19(18)30-14-17(22(27)29)24-21(28)16-13-20(26-25-16)23(11-12-23)15-7-3-2-4-8-15/h2-10,16-17,20,25-26H,11-14H2,1H3,(H,24,28)/t16?,17-,20?/m0/s1. The number of hydrazine groups is 1. The van der Waals surface area contributed by atoms with Crippen LogP contribution in [0.15, 0.2) is 54.6 Å². The quantitative estimate of drug-likeness (QED) is 0.717. The van der Waals surface area contributed by atoms with Gasteiger partial charge in [-0.1, -0.05) is 42.5 Å². The maximum absolute atomic E-state index is 12.9. The zero-order valence-corrected chi connectivity index (χ0v) is 16.9. The number of hydrogen-bond donors (Lipinski definition) is 3. The molecule has 2 aromatic carbocycles. The molecule has 3 N–H and O–H groups in total. The molecule has 2 heterocycles. The maximum Gasteiger partial charge on any atom is 0.252 e. The van der Waals surface area contributed by atoms with Crippen LogP contribution in [-0.2, 0) is 15.0 Å². The van der Waals surface area contributed by atoms with Gasteiger partial charge in [-0.3, -0.25) is 15.0 Å². The molecule has 1 saturated carbocycles. The number of ether oxygens (including phenoxy) is 1. The lowest BCUT2D eigenvalue weighted by atomic mass is 9.86. The first-order valence-corrected chi connectivity index (χ1v) is 10.4. The molecule has 0 aromatic heterocycles. The van der Waals surface area contributed by atoms with E-state index in [1.54, 1.807) is 11.9 Å². The average Bonchev–Trinajstić information content (AvgIpc) is 3.47. The third-order valence-corrected chi connectivity index (χ3v) is 6.60. The van der Waals surface area contributed by atoms with Crippen molar-refractivity contribution in [2.75, 3.05) is 18.6 Å². The number of hydrogen-bond acceptors (Lipinski definition) is 5. The van der Waals surface area contributed by atoms with Crippen LogP contribution in [0.4, 0.5) is 5.69 Å². The highest BCUT2D eigenvalue weighted by molar-refractivity contribution is 6.01. The number of fused-ring (bicyclic) bond motifs is 1. The average molecular weight is 406 g/mol. The van der Waals surface area contributed by atoms with Crippen LogP contribution >= 0.6 is 0 Å². The van der Waals surface area contributed by atoms with E-state index in [0.29, 0.717) is 17.9 Å². The van der Waals surface area contributed by atoms with E-state index in [0.717, 1.165) is 12.8 Å². The predicted molar refractivity (Wildman–Crippen MR) is 113 cm³/mol. The van der Waals surface area contributed by atoms with Gasteiger partial charge in [-0.15, -0.1) is 0 Å². The molecule has 7 heteroatoms. The summed E-state index contributed by atoms with van der Waals surface area (Å²) in [5.41, 5.74) is 8.59. The van der Waals surface area contributed by atoms with Gasteiger partial charge in [0.2, 0.25) is 5.91 Å². The van der Waals surface area contributed by atoms with Crippen LogP contribution in [-0.4, -0.2) is 43.6 Å². The lowest BCUT2D eigenvalue weighted by Crippen LogP contribution is -2.54. The Morgan fingerprint density at radius 1 is 1.10 bits per heavy atom. The second kappa shape index (κ2) is 7.41. The lowest BCUT2D eigenvalue weighted by molar-refractivity contribution is -0.129. The normalized spacial score (nSPS) is 27.0. The molecule has 2 amide bonds. The van der Waals surface area contributed by atoms with Crippen LogP contribution < -0.4 is 25.8 Å². The Morgan fingerprint density at radius 3 is 2.60 bits per heavy atom. The van der Waals surface area contributed by atoms with E-state index >= 15 is 0 Å². The zero-order chi connectivity index (χ0) is 20.7. The highest BCUT2D eigenvalue weighted by Gasteiger charge is 2.53. The van der Waals surface area contributed by atoms with Crippen molar-refractivity contribution in [3.05, 3.63) is 60.2 Å². The summed E-state index contributed by atoms with van der Waals surface area (Å²) < 4.78 is 5.80.